The maximum atomic E-state index is 13.0. The van der Waals surface area contributed by atoms with Gasteiger partial charge in [0, 0.05) is 18.8 Å². The molecule has 8 heteroatoms. The van der Waals surface area contributed by atoms with Gasteiger partial charge in [-0.05, 0) is 37.1 Å². The van der Waals surface area contributed by atoms with Crippen LogP contribution in [0.1, 0.15) is 18.4 Å². The first-order chi connectivity index (χ1) is 13.8. The van der Waals surface area contributed by atoms with E-state index in [-0.39, 0.29) is 24.1 Å². The average Bonchev–Trinajstić information content (AvgIpc) is 2.72. The van der Waals surface area contributed by atoms with E-state index in [0.29, 0.717) is 25.1 Å². The number of halogens is 3. The molecule has 29 heavy (non-hydrogen) atoms. The predicted octanol–water partition coefficient (Wildman–Crippen LogP) is 3.96. The first kappa shape index (κ1) is 20.7. The molecule has 154 valence electrons. The Hall–Kier alpha value is -3.03. The van der Waals surface area contributed by atoms with Gasteiger partial charge in [-0.2, -0.15) is 13.2 Å². The number of para-hydroxylation sites is 2. The van der Waals surface area contributed by atoms with Gasteiger partial charge < -0.3 is 15.0 Å². The van der Waals surface area contributed by atoms with Gasteiger partial charge in [0.05, 0.1) is 11.5 Å². The Kier molecular flexibility index (Phi) is 6.41. The molecule has 0 aromatic heterocycles. The van der Waals surface area contributed by atoms with Gasteiger partial charge in [0.1, 0.15) is 5.75 Å². The lowest BCUT2D eigenvalue weighted by molar-refractivity contribution is -0.142. The fraction of sp³-hybridized carbons (Fsp3) is 0.333. The van der Waals surface area contributed by atoms with E-state index in [1.165, 1.54) is 23.1 Å². The van der Waals surface area contributed by atoms with Crippen LogP contribution in [0, 0.1) is 5.92 Å². The number of nitrogens with one attached hydrogen (secondary N) is 1. The molecular formula is C21H21F3N2O3. The molecule has 1 unspecified atom stereocenters. The first-order valence-electron chi connectivity index (χ1n) is 9.27. The molecule has 1 aliphatic heterocycles. The SMILES string of the molecule is O=C(Nc1ccccc1)C1CCCN(C(=O)COc2ccccc2C(F)(F)F)C1. The normalized spacial score (nSPS) is 16.9. The van der Waals surface area contributed by atoms with Crippen molar-refractivity contribution in [1.82, 2.24) is 4.90 Å². The summed E-state index contributed by atoms with van der Waals surface area (Å²) in [6, 6.07) is 13.8. The van der Waals surface area contributed by atoms with E-state index in [4.69, 9.17) is 4.74 Å². The van der Waals surface area contributed by atoms with E-state index < -0.39 is 24.3 Å². The fourth-order valence-electron chi connectivity index (χ4n) is 3.24. The molecule has 1 heterocycles. The van der Waals surface area contributed by atoms with Crippen LogP contribution in [0.5, 0.6) is 5.75 Å². The van der Waals surface area contributed by atoms with Crippen molar-refractivity contribution >= 4 is 17.5 Å². The van der Waals surface area contributed by atoms with Crippen LogP contribution in [0.15, 0.2) is 54.6 Å². The molecule has 0 radical (unpaired) electrons. The number of ether oxygens (including phenoxy) is 1. The Morgan fingerprint density at radius 1 is 1.07 bits per heavy atom. The lowest BCUT2D eigenvalue weighted by atomic mass is 9.97. The molecule has 1 fully saturated rings. The summed E-state index contributed by atoms with van der Waals surface area (Å²) in [5.74, 6) is -1.39. The standard InChI is InChI=1S/C21H21F3N2O3/c22-21(23,24)17-10-4-5-11-18(17)29-14-19(27)26-12-6-7-15(13-26)20(28)25-16-8-2-1-3-9-16/h1-5,8-11,15H,6-7,12-14H2,(H,25,28). The summed E-state index contributed by atoms with van der Waals surface area (Å²) in [4.78, 5) is 26.4. The number of likely N-dealkylation sites (tertiary alicyclic amines) is 1. The Balaban J connectivity index is 1.57. The number of benzene rings is 2. The average molecular weight is 406 g/mol. The van der Waals surface area contributed by atoms with Crippen LogP contribution >= 0.6 is 0 Å². The number of nitrogens with zero attached hydrogens (tertiary/aromatic N) is 1. The molecule has 2 aromatic carbocycles. The fourth-order valence-corrected chi connectivity index (χ4v) is 3.24. The third-order valence-corrected chi connectivity index (χ3v) is 4.73. The maximum absolute atomic E-state index is 13.0. The van der Waals surface area contributed by atoms with Gasteiger partial charge in [-0.15, -0.1) is 0 Å². The monoisotopic (exact) mass is 406 g/mol. The molecule has 2 amide bonds. The zero-order valence-corrected chi connectivity index (χ0v) is 15.6. The summed E-state index contributed by atoms with van der Waals surface area (Å²) in [6.45, 7) is 0.139. The number of carbonyl (C=O) groups is 2. The van der Waals surface area contributed by atoms with Crippen LogP contribution in [-0.2, 0) is 15.8 Å². The third kappa shape index (κ3) is 5.49. The van der Waals surface area contributed by atoms with Gasteiger partial charge >= 0.3 is 6.18 Å². The minimum atomic E-state index is -4.56. The van der Waals surface area contributed by atoms with Crippen molar-refractivity contribution in [2.45, 2.75) is 19.0 Å². The summed E-state index contributed by atoms with van der Waals surface area (Å²) < 4.78 is 44.2. The molecule has 5 nitrogen and oxygen atoms in total. The van der Waals surface area contributed by atoms with Gasteiger partial charge in [0.15, 0.2) is 6.61 Å². The van der Waals surface area contributed by atoms with Crippen LogP contribution in [0.3, 0.4) is 0 Å². The van der Waals surface area contributed by atoms with E-state index >= 15 is 0 Å². The topological polar surface area (TPSA) is 58.6 Å². The zero-order valence-electron chi connectivity index (χ0n) is 15.6. The Morgan fingerprint density at radius 3 is 2.48 bits per heavy atom. The summed E-state index contributed by atoms with van der Waals surface area (Å²) in [5.41, 5.74) is -0.250. The largest absolute Gasteiger partial charge is 0.483 e. The predicted molar refractivity (Wildman–Crippen MR) is 101 cm³/mol. The smallest absolute Gasteiger partial charge is 0.419 e. The number of piperidine rings is 1. The highest BCUT2D eigenvalue weighted by Crippen LogP contribution is 2.35. The number of anilines is 1. The van der Waals surface area contributed by atoms with E-state index in [1.807, 2.05) is 18.2 Å². The van der Waals surface area contributed by atoms with Crippen molar-refractivity contribution in [2.24, 2.45) is 5.92 Å². The Labute approximate surface area is 166 Å². The second kappa shape index (κ2) is 8.98. The van der Waals surface area contributed by atoms with E-state index in [0.717, 1.165) is 6.07 Å². The van der Waals surface area contributed by atoms with Crippen LogP contribution in [-0.4, -0.2) is 36.4 Å². The highest BCUT2D eigenvalue weighted by Gasteiger charge is 2.34. The molecule has 0 spiro atoms. The van der Waals surface area contributed by atoms with Crippen molar-refractivity contribution in [3.8, 4) is 5.75 Å². The number of amides is 2. The molecule has 1 N–H and O–H groups in total. The van der Waals surface area contributed by atoms with Gasteiger partial charge in [-0.3, -0.25) is 9.59 Å². The Bertz CT molecular complexity index is 856. The van der Waals surface area contributed by atoms with Crippen LogP contribution in [0.2, 0.25) is 0 Å². The lowest BCUT2D eigenvalue weighted by Gasteiger charge is -2.32. The van der Waals surface area contributed by atoms with Gasteiger partial charge in [0.2, 0.25) is 5.91 Å². The minimum Gasteiger partial charge on any atom is -0.483 e. The highest BCUT2D eigenvalue weighted by molar-refractivity contribution is 5.93. The maximum Gasteiger partial charge on any atom is 0.419 e. The minimum absolute atomic E-state index is 0.183. The second-order valence-electron chi connectivity index (χ2n) is 6.82. The number of alkyl halides is 3. The van der Waals surface area contributed by atoms with Crippen molar-refractivity contribution in [3.05, 3.63) is 60.2 Å². The van der Waals surface area contributed by atoms with Crippen LogP contribution in [0.25, 0.3) is 0 Å². The molecule has 1 aliphatic rings. The molecule has 0 aliphatic carbocycles. The quantitative estimate of drug-likeness (QED) is 0.818. The molecule has 0 saturated carbocycles. The highest BCUT2D eigenvalue weighted by atomic mass is 19.4. The van der Waals surface area contributed by atoms with Crippen LogP contribution < -0.4 is 10.1 Å². The second-order valence-corrected chi connectivity index (χ2v) is 6.82. The molecule has 0 bridgehead atoms. The Morgan fingerprint density at radius 2 is 1.76 bits per heavy atom. The zero-order chi connectivity index (χ0) is 20.9. The number of rotatable bonds is 5. The number of hydrogen-bond acceptors (Lipinski definition) is 3. The number of hydrogen-bond donors (Lipinski definition) is 1. The van der Waals surface area contributed by atoms with E-state index in [2.05, 4.69) is 5.32 Å². The summed E-state index contributed by atoms with van der Waals surface area (Å²) in [5, 5.41) is 2.82. The summed E-state index contributed by atoms with van der Waals surface area (Å²) in [6.07, 6.45) is -3.29. The van der Waals surface area contributed by atoms with Gasteiger partial charge in [-0.25, -0.2) is 0 Å². The van der Waals surface area contributed by atoms with Crippen molar-refractivity contribution in [3.63, 3.8) is 0 Å². The summed E-state index contributed by atoms with van der Waals surface area (Å²) >= 11 is 0. The van der Waals surface area contributed by atoms with E-state index in [9.17, 15) is 22.8 Å². The lowest BCUT2D eigenvalue weighted by Crippen LogP contribution is -2.45. The van der Waals surface area contributed by atoms with Gasteiger partial charge in [0.25, 0.3) is 5.91 Å². The van der Waals surface area contributed by atoms with Gasteiger partial charge in [-0.1, -0.05) is 30.3 Å². The van der Waals surface area contributed by atoms with Crippen molar-refractivity contribution < 1.29 is 27.5 Å². The third-order valence-electron chi connectivity index (χ3n) is 4.73. The molecular weight excluding hydrogens is 385 g/mol. The van der Waals surface area contributed by atoms with Crippen molar-refractivity contribution in [1.29, 1.82) is 0 Å². The molecule has 3 rings (SSSR count). The van der Waals surface area contributed by atoms with Crippen LogP contribution in [0.4, 0.5) is 18.9 Å². The molecule has 1 saturated heterocycles. The first-order valence-corrected chi connectivity index (χ1v) is 9.27. The molecule has 2 aromatic rings. The summed E-state index contributed by atoms with van der Waals surface area (Å²) in [7, 11) is 0. The molecule has 1 atom stereocenters. The van der Waals surface area contributed by atoms with Crippen molar-refractivity contribution in [2.75, 3.05) is 25.0 Å². The van der Waals surface area contributed by atoms with E-state index in [1.54, 1.807) is 12.1 Å². The number of carbonyl (C=O) groups excluding carboxylic acids is 2.